The van der Waals surface area contributed by atoms with E-state index in [-0.39, 0.29) is 43.3 Å². The van der Waals surface area contributed by atoms with Crippen LogP contribution in [0.25, 0.3) is 0 Å². The van der Waals surface area contributed by atoms with E-state index in [2.05, 4.69) is 0 Å². The molecule has 0 aliphatic carbocycles. The van der Waals surface area contributed by atoms with E-state index in [1.54, 1.807) is 24.3 Å². The summed E-state index contributed by atoms with van der Waals surface area (Å²) in [5.74, 6) is -0.103. The van der Waals surface area contributed by atoms with E-state index < -0.39 is 0 Å². The Hall–Kier alpha value is -1.43. The average molecular weight is 248 g/mol. The minimum atomic E-state index is -0.324. The maximum atomic E-state index is 11.7. The van der Waals surface area contributed by atoms with Gasteiger partial charge in [-0.2, -0.15) is 0 Å². The Labute approximate surface area is 104 Å². The number of hydrogen-bond donors (Lipinski definition) is 0. The Balaban J connectivity index is 1.33. The van der Waals surface area contributed by atoms with Crippen LogP contribution in [-0.2, 0) is 18.9 Å². The Kier molecular flexibility index (Phi) is 2.20. The van der Waals surface area contributed by atoms with Crippen molar-refractivity contribution in [2.45, 2.75) is 24.8 Å². The monoisotopic (exact) mass is 248 g/mol. The molecule has 3 fully saturated rings. The standard InChI is InChI=1S/C13H12O5/c14-11(7-4-2-1-3-5-7)15-6-8-9-10-13(17-10)18-12(9)16-8/h1-5,8-10,12-13H,6H2. The molecule has 0 amide bonds. The molecule has 18 heavy (non-hydrogen) atoms. The van der Waals surface area contributed by atoms with Gasteiger partial charge in [-0.25, -0.2) is 4.79 Å². The lowest BCUT2D eigenvalue weighted by molar-refractivity contribution is -0.307. The predicted octanol–water partition coefficient (Wildman–Crippen LogP) is 0.940. The topological polar surface area (TPSA) is 57.3 Å². The van der Waals surface area contributed by atoms with Gasteiger partial charge >= 0.3 is 5.97 Å². The van der Waals surface area contributed by atoms with Crippen molar-refractivity contribution in [2.75, 3.05) is 6.61 Å². The van der Waals surface area contributed by atoms with Crippen molar-refractivity contribution in [1.82, 2.24) is 0 Å². The van der Waals surface area contributed by atoms with Gasteiger partial charge in [0.1, 0.15) is 18.8 Å². The summed E-state index contributed by atoms with van der Waals surface area (Å²) in [4.78, 5) is 11.7. The molecule has 3 heterocycles. The third-order valence-electron chi connectivity index (χ3n) is 3.57. The van der Waals surface area contributed by atoms with Crippen LogP contribution in [0.15, 0.2) is 30.3 Å². The summed E-state index contributed by atoms with van der Waals surface area (Å²) in [6, 6.07) is 8.92. The Morgan fingerprint density at radius 2 is 1.94 bits per heavy atom. The third kappa shape index (κ3) is 1.55. The molecule has 5 heteroatoms. The number of carbonyl (C=O) groups excluding carboxylic acids is 1. The van der Waals surface area contributed by atoms with Gasteiger partial charge in [-0.3, -0.25) is 0 Å². The fraction of sp³-hybridized carbons (Fsp3) is 0.462. The quantitative estimate of drug-likeness (QED) is 0.588. The van der Waals surface area contributed by atoms with Crippen LogP contribution in [0.3, 0.4) is 0 Å². The Morgan fingerprint density at radius 3 is 2.72 bits per heavy atom. The number of ether oxygens (including phenoxy) is 4. The molecule has 0 N–H and O–H groups in total. The first-order chi connectivity index (χ1) is 8.83. The second-order valence-corrected chi connectivity index (χ2v) is 4.69. The van der Waals surface area contributed by atoms with Gasteiger partial charge in [0.25, 0.3) is 0 Å². The molecule has 0 bridgehead atoms. The van der Waals surface area contributed by atoms with Gasteiger partial charge in [0.2, 0.25) is 0 Å². The molecule has 3 aliphatic heterocycles. The first-order valence-electron chi connectivity index (χ1n) is 6.01. The van der Waals surface area contributed by atoms with E-state index in [1.165, 1.54) is 0 Å². The minimum Gasteiger partial charge on any atom is -0.459 e. The Morgan fingerprint density at radius 1 is 1.11 bits per heavy atom. The maximum absolute atomic E-state index is 11.7. The number of hydrogen-bond acceptors (Lipinski definition) is 5. The molecule has 0 spiro atoms. The highest BCUT2D eigenvalue weighted by Crippen LogP contribution is 2.50. The van der Waals surface area contributed by atoms with Crippen LogP contribution in [0.4, 0.5) is 0 Å². The van der Waals surface area contributed by atoms with Gasteiger partial charge in [-0.1, -0.05) is 18.2 Å². The van der Waals surface area contributed by atoms with E-state index in [1.807, 2.05) is 6.07 Å². The van der Waals surface area contributed by atoms with Gasteiger partial charge in [-0.05, 0) is 12.1 Å². The number of epoxide rings is 1. The van der Waals surface area contributed by atoms with Gasteiger partial charge in [0.05, 0.1) is 11.5 Å². The molecular formula is C13H12O5. The summed E-state index contributed by atoms with van der Waals surface area (Å²) < 4.78 is 21.3. The van der Waals surface area contributed by atoms with Crippen molar-refractivity contribution in [3.63, 3.8) is 0 Å². The van der Waals surface area contributed by atoms with Crippen LogP contribution >= 0.6 is 0 Å². The SMILES string of the molecule is O=C(OCC1OC2OC3OC3C12)c1ccccc1. The summed E-state index contributed by atoms with van der Waals surface area (Å²) in [5.41, 5.74) is 0.552. The highest BCUT2D eigenvalue weighted by Gasteiger charge is 2.66. The number of esters is 1. The zero-order valence-electron chi connectivity index (χ0n) is 9.52. The summed E-state index contributed by atoms with van der Waals surface area (Å²) in [5, 5.41) is 0. The molecule has 94 valence electrons. The molecule has 5 unspecified atom stereocenters. The Bertz CT molecular complexity index is 472. The van der Waals surface area contributed by atoms with Crippen molar-refractivity contribution in [3.05, 3.63) is 35.9 Å². The highest BCUT2D eigenvalue weighted by atomic mass is 16.9. The van der Waals surface area contributed by atoms with Crippen LogP contribution < -0.4 is 0 Å². The summed E-state index contributed by atoms with van der Waals surface area (Å²) in [7, 11) is 0. The highest BCUT2D eigenvalue weighted by molar-refractivity contribution is 5.89. The van der Waals surface area contributed by atoms with E-state index in [0.29, 0.717) is 5.56 Å². The molecule has 0 saturated carbocycles. The van der Waals surface area contributed by atoms with Gasteiger partial charge in [0, 0.05) is 0 Å². The van der Waals surface area contributed by atoms with Gasteiger partial charge in [-0.15, -0.1) is 0 Å². The van der Waals surface area contributed by atoms with E-state index >= 15 is 0 Å². The number of rotatable bonds is 3. The van der Waals surface area contributed by atoms with E-state index in [9.17, 15) is 4.79 Å². The molecule has 1 aromatic rings. The zero-order valence-corrected chi connectivity index (χ0v) is 9.52. The predicted molar refractivity (Wildman–Crippen MR) is 58.6 cm³/mol. The van der Waals surface area contributed by atoms with E-state index in [4.69, 9.17) is 18.9 Å². The molecule has 1 aromatic carbocycles. The molecule has 3 aliphatic rings. The fourth-order valence-electron chi connectivity index (χ4n) is 2.52. The number of benzene rings is 1. The normalized spacial score (nSPS) is 39.4. The van der Waals surface area contributed by atoms with Crippen molar-refractivity contribution in [3.8, 4) is 0 Å². The molecule has 0 radical (unpaired) electrons. The van der Waals surface area contributed by atoms with Crippen LogP contribution in [0.5, 0.6) is 0 Å². The average Bonchev–Trinajstić information content (AvgIpc) is 3.06. The number of carbonyl (C=O) groups is 1. The van der Waals surface area contributed by atoms with Crippen molar-refractivity contribution >= 4 is 5.97 Å². The lowest BCUT2D eigenvalue weighted by Gasteiger charge is -2.39. The molecule has 3 saturated heterocycles. The second kappa shape index (κ2) is 3.78. The lowest BCUT2D eigenvalue weighted by atomic mass is 9.94. The molecule has 5 atom stereocenters. The van der Waals surface area contributed by atoms with Crippen molar-refractivity contribution in [1.29, 1.82) is 0 Å². The first-order valence-corrected chi connectivity index (χ1v) is 6.01. The second-order valence-electron chi connectivity index (χ2n) is 4.69. The molecule has 5 nitrogen and oxygen atoms in total. The van der Waals surface area contributed by atoms with Gasteiger partial charge in [0.15, 0.2) is 12.6 Å². The molecular weight excluding hydrogens is 236 g/mol. The van der Waals surface area contributed by atoms with Crippen molar-refractivity contribution < 1.29 is 23.7 Å². The van der Waals surface area contributed by atoms with Crippen molar-refractivity contribution in [2.24, 2.45) is 5.92 Å². The molecule has 4 rings (SSSR count). The maximum Gasteiger partial charge on any atom is 0.338 e. The third-order valence-corrected chi connectivity index (χ3v) is 3.57. The smallest absolute Gasteiger partial charge is 0.338 e. The first kappa shape index (κ1) is 10.5. The summed E-state index contributed by atoms with van der Waals surface area (Å²) in [6.45, 7) is 0.255. The van der Waals surface area contributed by atoms with Crippen LogP contribution in [0.2, 0.25) is 0 Å². The lowest BCUT2D eigenvalue weighted by Crippen LogP contribution is -2.52. The van der Waals surface area contributed by atoms with Crippen LogP contribution in [0.1, 0.15) is 10.4 Å². The zero-order chi connectivity index (χ0) is 12.1. The summed E-state index contributed by atoms with van der Waals surface area (Å²) >= 11 is 0. The number of fused-ring (bicyclic) bond motifs is 3. The van der Waals surface area contributed by atoms with E-state index in [0.717, 1.165) is 0 Å². The molecule has 0 aromatic heterocycles. The van der Waals surface area contributed by atoms with Gasteiger partial charge < -0.3 is 18.9 Å². The summed E-state index contributed by atoms with van der Waals surface area (Å²) in [6.07, 6.45) is -0.201. The fourth-order valence-corrected chi connectivity index (χ4v) is 2.52. The van der Waals surface area contributed by atoms with Crippen LogP contribution in [-0.4, -0.2) is 37.4 Å². The largest absolute Gasteiger partial charge is 0.459 e. The van der Waals surface area contributed by atoms with Crippen LogP contribution in [0, 0.1) is 5.92 Å². The minimum absolute atomic E-state index is 0.0881.